The van der Waals surface area contributed by atoms with Gasteiger partial charge in [-0.15, -0.1) is 0 Å². The van der Waals surface area contributed by atoms with Crippen LogP contribution in [-0.4, -0.2) is 14.2 Å². The maximum absolute atomic E-state index is 6.66. The predicted molar refractivity (Wildman–Crippen MR) is 141 cm³/mol. The molecule has 0 amide bonds. The van der Waals surface area contributed by atoms with Crippen molar-refractivity contribution in [2.24, 2.45) is 0 Å². The number of methoxy groups -OCH3 is 2. The van der Waals surface area contributed by atoms with Crippen molar-refractivity contribution in [2.75, 3.05) is 14.2 Å². The molecule has 3 aromatic carbocycles. The highest BCUT2D eigenvalue weighted by Crippen LogP contribution is 2.80. The van der Waals surface area contributed by atoms with E-state index in [2.05, 4.69) is 73.7 Å². The fourth-order valence-corrected chi connectivity index (χ4v) is 13.1. The van der Waals surface area contributed by atoms with Crippen LogP contribution in [0.15, 0.2) is 72.3 Å². The predicted octanol–water partition coefficient (Wildman–Crippen LogP) is 7.27. The van der Waals surface area contributed by atoms with Crippen LogP contribution in [0.25, 0.3) is 4.91 Å². The summed E-state index contributed by atoms with van der Waals surface area (Å²) >= 11 is 8.63. The van der Waals surface area contributed by atoms with Gasteiger partial charge in [0, 0.05) is 15.8 Å². The van der Waals surface area contributed by atoms with E-state index < -0.39 is 5.24 Å². The number of ether oxygens (including phenoxy) is 2. The van der Waals surface area contributed by atoms with Crippen molar-refractivity contribution in [3.05, 3.63) is 94.6 Å². The topological polar surface area (TPSA) is 18.5 Å². The van der Waals surface area contributed by atoms with Crippen molar-refractivity contribution in [2.45, 2.75) is 31.8 Å². The molecule has 0 aromatic heterocycles. The lowest BCUT2D eigenvalue weighted by Crippen LogP contribution is -2.09. The molecule has 32 heavy (non-hydrogen) atoms. The SMILES string of the molecule is COc1ccc(C2C3=C(SP2(=S)c2ccc(OC)cc2)c2cc(C)ccc2CCC3)cc1. The molecule has 3 aromatic rings. The van der Waals surface area contributed by atoms with Crippen LogP contribution in [0.1, 0.15) is 40.8 Å². The zero-order valence-corrected chi connectivity index (χ0v) is 21.2. The number of aryl methyl sites for hydroxylation is 2. The molecule has 5 heteroatoms. The third-order valence-electron chi connectivity index (χ3n) is 6.45. The van der Waals surface area contributed by atoms with Gasteiger partial charge in [-0.3, -0.25) is 0 Å². The largest absolute Gasteiger partial charge is 0.497 e. The third-order valence-corrected chi connectivity index (χ3v) is 14.3. The van der Waals surface area contributed by atoms with Crippen LogP contribution >= 0.6 is 16.6 Å². The maximum atomic E-state index is 6.66. The van der Waals surface area contributed by atoms with Gasteiger partial charge in [0.1, 0.15) is 11.5 Å². The van der Waals surface area contributed by atoms with E-state index in [1.165, 1.54) is 44.5 Å². The van der Waals surface area contributed by atoms with Crippen LogP contribution in [0.4, 0.5) is 0 Å². The first-order valence-corrected chi connectivity index (χ1v) is 15.2. The molecule has 2 nitrogen and oxygen atoms in total. The Balaban J connectivity index is 1.70. The van der Waals surface area contributed by atoms with Crippen molar-refractivity contribution in [3.8, 4) is 11.5 Å². The molecule has 2 atom stereocenters. The molecule has 2 unspecified atom stereocenters. The van der Waals surface area contributed by atoms with E-state index in [-0.39, 0.29) is 5.66 Å². The number of allylic oxidation sites excluding steroid dienone is 1. The van der Waals surface area contributed by atoms with E-state index in [0.29, 0.717) is 0 Å². The Morgan fingerprint density at radius 3 is 2.19 bits per heavy atom. The van der Waals surface area contributed by atoms with E-state index in [1.807, 2.05) is 11.4 Å². The summed E-state index contributed by atoms with van der Waals surface area (Å²) in [5.41, 5.74) is 7.25. The van der Waals surface area contributed by atoms with E-state index in [4.69, 9.17) is 21.3 Å². The second kappa shape index (κ2) is 8.74. The quantitative estimate of drug-likeness (QED) is 0.367. The Morgan fingerprint density at radius 2 is 1.53 bits per heavy atom. The maximum Gasteiger partial charge on any atom is 0.118 e. The van der Waals surface area contributed by atoms with E-state index in [9.17, 15) is 0 Å². The number of fused-ring (bicyclic) bond motifs is 2. The minimum Gasteiger partial charge on any atom is -0.497 e. The molecular formula is C27H27O2PS2. The second-order valence-electron chi connectivity index (χ2n) is 8.43. The molecule has 1 aliphatic carbocycles. The number of benzene rings is 3. The Labute approximate surface area is 199 Å². The van der Waals surface area contributed by atoms with Crippen molar-refractivity contribution >= 4 is 38.6 Å². The van der Waals surface area contributed by atoms with Gasteiger partial charge in [0.25, 0.3) is 0 Å². The minimum atomic E-state index is -2.02. The van der Waals surface area contributed by atoms with Gasteiger partial charge < -0.3 is 9.47 Å². The van der Waals surface area contributed by atoms with Crippen LogP contribution < -0.4 is 14.8 Å². The summed E-state index contributed by atoms with van der Waals surface area (Å²) in [5, 5.41) is -0.759. The van der Waals surface area contributed by atoms with Gasteiger partial charge in [-0.2, -0.15) is 0 Å². The molecule has 1 heterocycles. The first kappa shape index (κ1) is 21.8. The lowest BCUT2D eigenvalue weighted by atomic mass is 9.99. The average molecular weight is 479 g/mol. The molecular weight excluding hydrogens is 451 g/mol. The fourth-order valence-electron chi connectivity index (χ4n) is 4.81. The van der Waals surface area contributed by atoms with Crippen molar-refractivity contribution in [1.29, 1.82) is 0 Å². The highest BCUT2D eigenvalue weighted by atomic mass is 32.9. The van der Waals surface area contributed by atoms with Crippen LogP contribution in [0, 0.1) is 6.92 Å². The number of rotatable bonds is 4. The van der Waals surface area contributed by atoms with Gasteiger partial charge in [0.05, 0.1) is 14.2 Å². The zero-order valence-electron chi connectivity index (χ0n) is 18.6. The lowest BCUT2D eigenvalue weighted by Gasteiger charge is -2.27. The van der Waals surface area contributed by atoms with E-state index >= 15 is 0 Å². The Morgan fingerprint density at radius 1 is 0.875 bits per heavy atom. The van der Waals surface area contributed by atoms with Crippen molar-refractivity contribution in [3.63, 3.8) is 0 Å². The van der Waals surface area contributed by atoms with Gasteiger partial charge in [0.2, 0.25) is 0 Å². The molecule has 0 N–H and O–H groups in total. The third kappa shape index (κ3) is 3.73. The highest BCUT2D eigenvalue weighted by molar-refractivity contribution is 8.76. The molecule has 0 spiro atoms. The molecule has 0 fully saturated rings. The van der Waals surface area contributed by atoms with Crippen molar-refractivity contribution in [1.82, 2.24) is 0 Å². The van der Waals surface area contributed by atoms with Crippen LogP contribution in [0.3, 0.4) is 0 Å². The van der Waals surface area contributed by atoms with Gasteiger partial charge in [-0.05, 0) is 90.2 Å². The van der Waals surface area contributed by atoms with Crippen molar-refractivity contribution < 1.29 is 9.47 Å². The Kier molecular flexibility index (Phi) is 5.96. The molecule has 164 valence electrons. The number of hydrogen-bond acceptors (Lipinski definition) is 4. The molecule has 0 saturated carbocycles. The molecule has 2 aliphatic rings. The van der Waals surface area contributed by atoms with Crippen LogP contribution in [0.5, 0.6) is 11.5 Å². The normalized spacial score (nSPS) is 22.2. The first-order valence-electron chi connectivity index (χ1n) is 10.9. The Bertz CT molecular complexity index is 1230. The van der Waals surface area contributed by atoms with Gasteiger partial charge in [-0.1, -0.05) is 59.1 Å². The van der Waals surface area contributed by atoms with Gasteiger partial charge >= 0.3 is 0 Å². The monoisotopic (exact) mass is 478 g/mol. The molecule has 0 saturated heterocycles. The smallest absolute Gasteiger partial charge is 0.118 e. The molecule has 0 radical (unpaired) electrons. The summed E-state index contributed by atoms with van der Waals surface area (Å²) in [4.78, 5) is 1.43. The standard InChI is InChI=1S/C27H27O2PS2/c1-18-7-8-19-5-4-6-24-26(20-9-11-21(28-2)12-10-20)30(31,32-27(24)25(19)17-18)23-15-13-22(29-3)14-16-23/h7-17,26H,4-6H2,1-3H3. The summed E-state index contributed by atoms with van der Waals surface area (Å²) in [6, 6.07) is 24.0. The first-order chi connectivity index (χ1) is 15.5. The van der Waals surface area contributed by atoms with Crippen LogP contribution in [-0.2, 0) is 18.2 Å². The highest BCUT2D eigenvalue weighted by Gasteiger charge is 2.44. The average Bonchev–Trinajstić information content (AvgIpc) is 3.02. The van der Waals surface area contributed by atoms with Gasteiger partial charge in [-0.25, -0.2) is 0 Å². The van der Waals surface area contributed by atoms with E-state index in [1.54, 1.807) is 14.2 Å². The van der Waals surface area contributed by atoms with Gasteiger partial charge in [0.15, 0.2) is 0 Å². The second-order valence-corrected chi connectivity index (χ2v) is 15.9. The lowest BCUT2D eigenvalue weighted by molar-refractivity contribution is 0.414. The summed E-state index contributed by atoms with van der Waals surface area (Å²) in [7, 11) is 3.43. The zero-order chi connectivity index (χ0) is 22.3. The molecule has 0 bridgehead atoms. The number of hydrogen-bond donors (Lipinski definition) is 0. The summed E-state index contributed by atoms with van der Waals surface area (Å²) < 4.78 is 10.9. The van der Waals surface area contributed by atoms with E-state index in [0.717, 1.165) is 24.3 Å². The molecule has 5 rings (SSSR count). The summed E-state index contributed by atoms with van der Waals surface area (Å²) in [6.45, 7) is 2.19. The summed E-state index contributed by atoms with van der Waals surface area (Å²) in [6.07, 6.45) is 3.39. The fraction of sp³-hybridized carbons (Fsp3) is 0.259. The Hall–Kier alpha value is -2.00. The van der Waals surface area contributed by atoms with Crippen LogP contribution in [0.2, 0.25) is 0 Å². The molecule has 1 aliphatic heterocycles. The summed E-state index contributed by atoms with van der Waals surface area (Å²) in [5.74, 6) is 1.75. The minimum absolute atomic E-state index is 0.239.